The van der Waals surface area contributed by atoms with Crippen molar-refractivity contribution >= 4 is 28.3 Å². The van der Waals surface area contributed by atoms with Gasteiger partial charge in [0.05, 0.1) is 11.6 Å². The maximum absolute atomic E-state index is 6.04. The van der Waals surface area contributed by atoms with E-state index in [1.165, 1.54) is 0 Å². The number of methoxy groups -OCH3 is 1. The third-order valence-electron chi connectivity index (χ3n) is 3.26. The number of nitrogens with zero attached hydrogens (tertiary/aromatic N) is 2. The molecule has 1 unspecified atom stereocenters. The van der Waals surface area contributed by atoms with E-state index in [0.717, 1.165) is 28.8 Å². The van der Waals surface area contributed by atoms with Crippen LogP contribution in [0.4, 0.5) is 5.82 Å². The second-order valence-corrected chi connectivity index (χ2v) is 4.98. The molecule has 0 fully saturated rings. The number of benzene rings is 1. The highest BCUT2D eigenvalue weighted by Gasteiger charge is 2.10. The van der Waals surface area contributed by atoms with E-state index in [1.807, 2.05) is 32.2 Å². The summed E-state index contributed by atoms with van der Waals surface area (Å²) in [6.45, 7) is 2.84. The van der Waals surface area contributed by atoms with Gasteiger partial charge in [-0.3, -0.25) is 0 Å². The minimum atomic E-state index is 0.165. The Balaban J connectivity index is 2.38. The van der Waals surface area contributed by atoms with Crippen molar-refractivity contribution in [3.63, 3.8) is 0 Å². The maximum atomic E-state index is 6.04. The minimum absolute atomic E-state index is 0.165. The summed E-state index contributed by atoms with van der Waals surface area (Å²) >= 11 is 6.04. The summed E-state index contributed by atoms with van der Waals surface area (Å²) < 4.78 is 5.29. The van der Waals surface area contributed by atoms with E-state index in [4.69, 9.17) is 16.3 Å². The molecule has 0 saturated heterocycles. The SMILES string of the molecule is COC(C)CN(C)c1cc(CCl)c2ccccc2n1. The summed E-state index contributed by atoms with van der Waals surface area (Å²) in [6.07, 6.45) is 0.165. The first-order valence-corrected chi connectivity index (χ1v) is 6.87. The van der Waals surface area contributed by atoms with Gasteiger partial charge in [-0.1, -0.05) is 18.2 Å². The van der Waals surface area contributed by atoms with E-state index in [-0.39, 0.29) is 6.10 Å². The number of halogens is 1. The summed E-state index contributed by atoms with van der Waals surface area (Å²) in [6, 6.07) is 10.1. The number of para-hydroxylation sites is 1. The Bertz CT molecular complexity index is 559. The number of hydrogen-bond acceptors (Lipinski definition) is 3. The van der Waals surface area contributed by atoms with Crippen LogP contribution in [0.1, 0.15) is 12.5 Å². The van der Waals surface area contributed by atoms with Gasteiger partial charge in [0, 0.05) is 32.0 Å². The molecule has 1 heterocycles. The molecule has 0 aliphatic carbocycles. The minimum Gasteiger partial charge on any atom is -0.380 e. The first-order chi connectivity index (χ1) is 9.15. The molecule has 0 radical (unpaired) electrons. The van der Waals surface area contributed by atoms with Gasteiger partial charge >= 0.3 is 0 Å². The second-order valence-electron chi connectivity index (χ2n) is 4.72. The Morgan fingerprint density at radius 3 is 2.79 bits per heavy atom. The number of ether oxygens (including phenoxy) is 1. The highest BCUT2D eigenvalue weighted by molar-refractivity contribution is 6.18. The molecule has 4 heteroatoms. The fourth-order valence-electron chi connectivity index (χ4n) is 2.09. The van der Waals surface area contributed by atoms with Crippen LogP contribution in [0.15, 0.2) is 30.3 Å². The predicted octanol–water partition coefficient (Wildman–Crippen LogP) is 3.44. The summed E-state index contributed by atoms with van der Waals surface area (Å²) in [7, 11) is 3.74. The molecule has 1 aromatic heterocycles. The van der Waals surface area contributed by atoms with E-state index in [2.05, 4.69) is 22.0 Å². The maximum Gasteiger partial charge on any atom is 0.129 e. The first kappa shape index (κ1) is 14.1. The van der Waals surface area contributed by atoms with Gasteiger partial charge < -0.3 is 9.64 Å². The van der Waals surface area contributed by atoms with Crippen LogP contribution < -0.4 is 4.90 Å². The van der Waals surface area contributed by atoms with Crippen molar-refractivity contribution in [2.24, 2.45) is 0 Å². The number of rotatable bonds is 5. The van der Waals surface area contributed by atoms with E-state index in [0.29, 0.717) is 5.88 Å². The van der Waals surface area contributed by atoms with Crippen LogP contribution >= 0.6 is 11.6 Å². The highest BCUT2D eigenvalue weighted by Crippen LogP contribution is 2.23. The zero-order chi connectivity index (χ0) is 13.8. The predicted molar refractivity (Wildman–Crippen MR) is 81.0 cm³/mol. The van der Waals surface area contributed by atoms with Crippen LogP contribution in [0.25, 0.3) is 10.9 Å². The molecule has 0 aliphatic rings. The average molecular weight is 279 g/mol. The smallest absolute Gasteiger partial charge is 0.129 e. The topological polar surface area (TPSA) is 25.4 Å². The largest absolute Gasteiger partial charge is 0.380 e. The molecule has 3 nitrogen and oxygen atoms in total. The van der Waals surface area contributed by atoms with Gasteiger partial charge in [-0.05, 0) is 24.6 Å². The molecule has 0 amide bonds. The quantitative estimate of drug-likeness (QED) is 0.784. The van der Waals surface area contributed by atoms with Crippen molar-refractivity contribution < 1.29 is 4.74 Å². The lowest BCUT2D eigenvalue weighted by Gasteiger charge is -2.22. The van der Waals surface area contributed by atoms with Crippen molar-refractivity contribution in [1.29, 1.82) is 0 Å². The van der Waals surface area contributed by atoms with Gasteiger partial charge in [-0.15, -0.1) is 11.6 Å². The van der Waals surface area contributed by atoms with Crippen LogP contribution in [-0.4, -0.2) is 31.8 Å². The molecule has 2 aromatic rings. The van der Waals surface area contributed by atoms with Crippen molar-refractivity contribution in [3.05, 3.63) is 35.9 Å². The molecular formula is C15H19ClN2O. The van der Waals surface area contributed by atoms with E-state index >= 15 is 0 Å². The lowest BCUT2D eigenvalue weighted by Crippen LogP contribution is -2.29. The van der Waals surface area contributed by atoms with Crippen LogP contribution in [-0.2, 0) is 10.6 Å². The molecule has 19 heavy (non-hydrogen) atoms. The van der Waals surface area contributed by atoms with E-state index < -0.39 is 0 Å². The summed E-state index contributed by atoms with van der Waals surface area (Å²) in [4.78, 5) is 6.78. The third-order valence-corrected chi connectivity index (χ3v) is 3.54. The van der Waals surface area contributed by atoms with Gasteiger partial charge in [0.2, 0.25) is 0 Å². The standard InChI is InChI=1S/C15H19ClN2O/c1-11(19-3)10-18(2)15-8-12(9-16)13-6-4-5-7-14(13)17-15/h4-8,11H,9-10H2,1-3H3. The molecule has 0 N–H and O–H groups in total. The van der Waals surface area contributed by atoms with Crippen molar-refractivity contribution in [2.45, 2.75) is 18.9 Å². The second kappa shape index (κ2) is 6.22. The van der Waals surface area contributed by atoms with Gasteiger partial charge in [0.15, 0.2) is 0 Å². The molecular weight excluding hydrogens is 260 g/mol. The summed E-state index contributed by atoms with van der Waals surface area (Å²) in [5, 5.41) is 1.12. The molecule has 0 saturated carbocycles. The highest BCUT2D eigenvalue weighted by atomic mass is 35.5. The van der Waals surface area contributed by atoms with Crippen molar-refractivity contribution in [2.75, 3.05) is 25.6 Å². The molecule has 0 bridgehead atoms. The molecule has 0 aliphatic heterocycles. The first-order valence-electron chi connectivity index (χ1n) is 6.34. The fourth-order valence-corrected chi connectivity index (χ4v) is 2.31. The van der Waals surface area contributed by atoms with Crippen LogP contribution in [0.3, 0.4) is 0 Å². The summed E-state index contributed by atoms with van der Waals surface area (Å²) in [5.41, 5.74) is 2.09. The molecule has 102 valence electrons. The number of hydrogen-bond donors (Lipinski definition) is 0. The lowest BCUT2D eigenvalue weighted by molar-refractivity contribution is 0.124. The molecule has 1 atom stereocenters. The van der Waals surface area contributed by atoms with Crippen LogP contribution in [0, 0.1) is 0 Å². The van der Waals surface area contributed by atoms with Crippen molar-refractivity contribution in [3.8, 4) is 0 Å². The van der Waals surface area contributed by atoms with E-state index in [9.17, 15) is 0 Å². The van der Waals surface area contributed by atoms with Crippen LogP contribution in [0.2, 0.25) is 0 Å². The molecule has 1 aromatic carbocycles. The Hall–Kier alpha value is -1.32. The van der Waals surface area contributed by atoms with Gasteiger partial charge in [0.25, 0.3) is 0 Å². The fraction of sp³-hybridized carbons (Fsp3) is 0.400. The number of anilines is 1. The Morgan fingerprint density at radius 2 is 2.11 bits per heavy atom. The van der Waals surface area contributed by atoms with Gasteiger partial charge in [-0.2, -0.15) is 0 Å². The Labute approximate surface area is 119 Å². The number of likely N-dealkylation sites (N-methyl/N-ethyl adjacent to an activating group) is 1. The Kier molecular flexibility index (Phi) is 4.61. The van der Waals surface area contributed by atoms with E-state index in [1.54, 1.807) is 7.11 Å². The zero-order valence-electron chi connectivity index (χ0n) is 11.6. The molecule has 2 rings (SSSR count). The van der Waals surface area contributed by atoms with Crippen molar-refractivity contribution in [1.82, 2.24) is 4.98 Å². The average Bonchev–Trinajstić information content (AvgIpc) is 2.45. The number of alkyl halides is 1. The molecule has 0 spiro atoms. The van der Waals surface area contributed by atoms with Crippen LogP contribution in [0.5, 0.6) is 0 Å². The number of aromatic nitrogens is 1. The summed E-state index contributed by atoms with van der Waals surface area (Å²) in [5.74, 6) is 1.42. The normalized spacial score (nSPS) is 12.6. The monoisotopic (exact) mass is 278 g/mol. The van der Waals surface area contributed by atoms with Gasteiger partial charge in [-0.25, -0.2) is 4.98 Å². The zero-order valence-corrected chi connectivity index (χ0v) is 12.3. The third kappa shape index (κ3) is 3.17. The van der Waals surface area contributed by atoms with Gasteiger partial charge in [0.1, 0.15) is 5.82 Å². The Morgan fingerprint density at radius 1 is 1.37 bits per heavy atom. The lowest BCUT2D eigenvalue weighted by atomic mass is 10.1. The number of fused-ring (bicyclic) bond motifs is 1. The number of pyridine rings is 1.